The number of amides is 2. The van der Waals surface area contributed by atoms with Crippen LogP contribution in [0.2, 0.25) is 0 Å². The molecule has 5 nitrogen and oxygen atoms in total. The first-order chi connectivity index (χ1) is 9.34. The van der Waals surface area contributed by atoms with Crippen LogP contribution < -0.4 is 5.32 Å². The zero-order valence-corrected chi connectivity index (χ0v) is 11.1. The third-order valence-electron chi connectivity index (χ3n) is 3.43. The summed E-state index contributed by atoms with van der Waals surface area (Å²) >= 11 is 0. The fourth-order valence-corrected chi connectivity index (χ4v) is 2.06. The molecule has 0 bridgehead atoms. The van der Waals surface area contributed by atoms with Crippen LogP contribution in [0.4, 0.5) is 4.79 Å². The van der Waals surface area contributed by atoms with Crippen molar-refractivity contribution < 1.29 is 16.2 Å². The summed E-state index contributed by atoms with van der Waals surface area (Å²) in [6, 6.07) is 9.65. The van der Waals surface area contributed by atoms with Crippen LogP contribution in [0.3, 0.4) is 0 Å². The molecule has 2 amide bonds. The summed E-state index contributed by atoms with van der Waals surface area (Å²) in [5, 5.41) is 11.3. The number of aliphatic hydroxyl groups is 1. The van der Waals surface area contributed by atoms with E-state index in [0.717, 1.165) is 19.2 Å². The van der Waals surface area contributed by atoms with E-state index in [1.807, 2.05) is 30.3 Å². The van der Waals surface area contributed by atoms with Crippen LogP contribution >= 0.6 is 0 Å². The first kappa shape index (κ1) is 13.8. The zero-order chi connectivity index (χ0) is 13.7. The van der Waals surface area contributed by atoms with Gasteiger partial charge in [-0.05, 0) is 18.8 Å². The number of nitrogens with one attached hydrogen (secondary N) is 1. The second-order valence-electron chi connectivity index (χ2n) is 4.68. The van der Waals surface area contributed by atoms with Crippen molar-refractivity contribution in [1.82, 2.24) is 10.4 Å². The van der Waals surface area contributed by atoms with Gasteiger partial charge in [0.15, 0.2) is 0 Å². The van der Waals surface area contributed by atoms with Gasteiger partial charge >= 0.3 is 6.03 Å². The fourth-order valence-electron chi connectivity index (χ4n) is 2.06. The molecule has 0 spiro atoms. The number of aliphatic hydroxyl groups excluding tert-OH is 1. The standard InChI is InChI=1S/C13H16N2O2.CH4O.H2/c16-13(14-9-10-5-4-6-10)15-12(17-15)11-7-2-1-3-8-11;1-2;/h1-3,7-8,10,12H,4-6,9H2,(H,14,16);2H,1H3;1H. The molecule has 1 aliphatic carbocycles. The van der Waals surface area contributed by atoms with E-state index in [1.165, 1.54) is 24.3 Å². The molecule has 1 unspecified atom stereocenters. The maximum absolute atomic E-state index is 11.7. The minimum Gasteiger partial charge on any atom is -0.400 e. The van der Waals surface area contributed by atoms with E-state index in [9.17, 15) is 4.79 Å². The molecule has 3 rings (SSSR count). The van der Waals surface area contributed by atoms with E-state index in [4.69, 9.17) is 9.94 Å². The number of carbonyl (C=O) groups excluding carboxylic acids is 1. The van der Waals surface area contributed by atoms with Crippen LogP contribution in [0.25, 0.3) is 0 Å². The number of carbonyl (C=O) groups is 1. The van der Waals surface area contributed by atoms with E-state index in [1.54, 1.807) is 0 Å². The zero-order valence-electron chi connectivity index (χ0n) is 11.1. The van der Waals surface area contributed by atoms with Gasteiger partial charge in [-0.25, -0.2) is 9.63 Å². The fraction of sp³-hybridized carbons (Fsp3) is 0.500. The summed E-state index contributed by atoms with van der Waals surface area (Å²) in [6.45, 7) is 0.778. The summed E-state index contributed by atoms with van der Waals surface area (Å²) < 4.78 is 0. The highest BCUT2D eigenvalue weighted by molar-refractivity contribution is 5.74. The van der Waals surface area contributed by atoms with Crippen LogP contribution in [-0.2, 0) is 4.84 Å². The van der Waals surface area contributed by atoms with Crippen LogP contribution in [-0.4, -0.2) is 29.9 Å². The second-order valence-corrected chi connectivity index (χ2v) is 4.68. The number of urea groups is 1. The molecule has 1 aromatic carbocycles. The van der Waals surface area contributed by atoms with Gasteiger partial charge in [0.05, 0.1) is 0 Å². The molecule has 2 fully saturated rings. The molecule has 1 saturated carbocycles. The lowest BCUT2D eigenvalue weighted by atomic mass is 9.85. The molecule has 106 valence electrons. The van der Waals surface area contributed by atoms with Gasteiger partial charge in [0.25, 0.3) is 0 Å². The van der Waals surface area contributed by atoms with Crippen molar-refractivity contribution in [3.63, 3.8) is 0 Å². The van der Waals surface area contributed by atoms with Gasteiger partial charge in [-0.1, -0.05) is 36.8 Å². The lowest BCUT2D eigenvalue weighted by Crippen LogP contribution is -2.35. The van der Waals surface area contributed by atoms with E-state index in [2.05, 4.69) is 5.32 Å². The third kappa shape index (κ3) is 3.45. The Morgan fingerprint density at radius 1 is 1.42 bits per heavy atom. The van der Waals surface area contributed by atoms with E-state index < -0.39 is 0 Å². The van der Waals surface area contributed by atoms with Crippen molar-refractivity contribution in [2.75, 3.05) is 13.7 Å². The summed E-state index contributed by atoms with van der Waals surface area (Å²) in [7, 11) is 1.00. The summed E-state index contributed by atoms with van der Waals surface area (Å²) in [5.74, 6) is 0.675. The normalized spacial score (nSPS) is 20.9. The average Bonchev–Trinajstić information content (AvgIpc) is 3.20. The lowest BCUT2D eigenvalue weighted by molar-refractivity contribution is 0.172. The first-order valence-corrected chi connectivity index (χ1v) is 6.58. The number of rotatable bonds is 3. The molecule has 2 N–H and O–H groups in total. The van der Waals surface area contributed by atoms with Gasteiger partial charge in [-0.15, -0.1) is 0 Å². The van der Waals surface area contributed by atoms with Crippen LogP contribution in [0.5, 0.6) is 0 Å². The topological polar surface area (TPSA) is 64.9 Å². The van der Waals surface area contributed by atoms with Gasteiger partial charge in [0.1, 0.15) is 0 Å². The molecule has 1 heterocycles. The largest absolute Gasteiger partial charge is 0.400 e. The molecule has 0 radical (unpaired) electrons. The second kappa shape index (κ2) is 6.54. The summed E-state index contributed by atoms with van der Waals surface area (Å²) in [5.41, 5.74) is 1.02. The molecule has 1 aliphatic heterocycles. The Bertz CT molecular complexity index is 412. The monoisotopic (exact) mass is 266 g/mol. The maximum Gasteiger partial charge on any atom is 0.344 e. The number of hydrogen-bond donors (Lipinski definition) is 2. The summed E-state index contributed by atoms with van der Waals surface area (Å²) in [6.07, 6.45) is 3.58. The van der Waals surface area contributed by atoms with E-state index in [-0.39, 0.29) is 13.7 Å². The molecule has 2 aliphatic rings. The Labute approximate surface area is 114 Å². The van der Waals surface area contributed by atoms with Crippen LogP contribution in [0, 0.1) is 5.92 Å². The predicted octanol–water partition coefficient (Wildman–Crippen LogP) is 2.30. The minimum absolute atomic E-state index is 0. The lowest BCUT2D eigenvalue weighted by Gasteiger charge is -2.25. The van der Waals surface area contributed by atoms with Crippen LogP contribution in [0.15, 0.2) is 30.3 Å². The van der Waals surface area contributed by atoms with Crippen molar-refractivity contribution in [2.24, 2.45) is 5.92 Å². The highest BCUT2D eigenvalue weighted by atomic mass is 16.8. The Kier molecular flexibility index (Phi) is 4.76. The first-order valence-electron chi connectivity index (χ1n) is 6.58. The van der Waals surface area contributed by atoms with Gasteiger partial charge in [-0.2, -0.15) is 5.06 Å². The number of benzene rings is 1. The molecular weight excluding hydrogens is 244 g/mol. The third-order valence-corrected chi connectivity index (χ3v) is 3.43. The molecular formula is C14H22N2O3. The SMILES string of the molecule is CO.O=C(NCC1CCC1)N1OC1c1ccccc1.[HH]. The maximum atomic E-state index is 11.7. The van der Waals surface area contributed by atoms with Crippen LogP contribution in [0.1, 0.15) is 32.5 Å². The molecule has 1 saturated heterocycles. The number of hydroxylamine groups is 2. The van der Waals surface area contributed by atoms with Crippen molar-refractivity contribution in [1.29, 1.82) is 0 Å². The molecule has 1 atom stereocenters. The molecule has 5 heteroatoms. The van der Waals surface area contributed by atoms with Gasteiger partial charge in [0.2, 0.25) is 6.23 Å². The Morgan fingerprint density at radius 3 is 2.68 bits per heavy atom. The average molecular weight is 266 g/mol. The van der Waals surface area contributed by atoms with Crippen molar-refractivity contribution in [3.8, 4) is 0 Å². The quantitative estimate of drug-likeness (QED) is 0.825. The van der Waals surface area contributed by atoms with E-state index >= 15 is 0 Å². The highest BCUT2D eigenvalue weighted by Crippen LogP contribution is 2.36. The predicted molar refractivity (Wildman–Crippen MR) is 73.1 cm³/mol. The Balaban J connectivity index is 0.000000639. The van der Waals surface area contributed by atoms with Gasteiger partial charge < -0.3 is 10.4 Å². The Morgan fingerprint density at radius 2 is 2.11 bits per heavy atom. The minimum atomic E-state index is -0.197. The summed E-state index contributed by atoms with van der Waals surface area (Å²) in [4.78, 5) is 17.0. The van der Waals surface area contributed by atoms with Crippen molar-refractivity contribution in [3.05, 3.63) is 35.9 Å². The molecule has 1 aromatic rings. The number of hydrogen-bond acceptors (Lipinski definition) is 3. The highest BCUT2D eigenvalue weighted by Gasteiger charge is 2.42. The van der Waals surface area contributed by atoms with Crippen molar-refractivity contribution >= 4 is 6.03 Å². The molecule has 19 heavy (non-hydrogen) atoms. The Hall–Kier alpha value is -1.59. The van der Waals surface area contributed by atoms with E-state index in [0.29, 0.717) is 5.92 Å². The smallest absolute Gasteiger partial charge is 0.344 e. The van der Waals surface area contributed by atoms with Gasteiger partial charge in [-0.3, -0.25) is 0 Å². The number of nitrogens with zero attached hydrogens (tertiary/aromatic N) is 1. The van der Waals surface area contributed by atoms with Gasteiger partial charge in [0, 0.05) is 20.6 Å². The van der Waals surface area contributed by atoms with Crippen molar-refractivity contribution in [2.45, 2.75) is 25.5 Å². The molecule has 0 aromatic heterocycles.